The van der Waals surface area contributed by atoms with Gasteiger partial charge in [-0.2, -0.15) is 0 Å². The number of anilines is 2. The van der Waals surface area contributed by atoms with Crippen molar-refractivity contribution in [1.29, 1.82) is 0 Å². The molecule has 2 N–H and O–H groups in total. The summed E-state index contributed by atoms with van der Waals surface area (Å²) >= 11 is 0. The molecule has 0 fully saturated rings. The Hall–Kier alpha value is -4.05. The Balaban J connectivity index is 1.57. The summed E-state index contributed by atoms with van der Waals surface area (Å²) in [6, 6.07) is 14.6. The number of carbonyl (C=O) groups is 3. The normalized spacial score (nSPS) is 13.1. The average Bonchev–Trinajstić information content (AvgIpc) is 2.99. The summed E-state index contributed by atoms with van der Waals surface area (Å²) < 4.78 is 40.4. The molecule has 10 heteroatoms. The van der Waals surface area contributed by atoms with Gasteiger partial charge in [0.05, 0.1) is 21.7 Å². The maximum atomic E-state index is 13.1. The number of nitrogens with zero attached hydrogens (tertiary/aromatic N) is 1. The minimum absolute atomic E-state index is 0.0986. The van der Waals surface area contributed by atoms with Crippen LogP contribution in [0.5, 0.6) is 0 Å². The van der Waals surface area contributed by atoms with Crippen molar-refractivity contribution in [2.45, 2.75) is 4.90 Å². The lowest BCUT2D eigenvalue weighted by molar-refractivity contribution is 0.0693. The summed E-state index contributed by atoms with van der Waals surface area (Å²) in [5.74, 6) is -2.16. The third-order valence-corrected chi connectivity index (χ3v) is 6.26. The number of carbonyl (C=O) groups excluding carboxylic acids is 3. The molecule has 3 aromatic carbocycles. The van der Waals surface area contributed by atoms with E-state index in [1.165, 1.54) is 43.4 Å². The highest BCUT2D eigenvalue weighted by atomic mass is 32.2. The predicted molar refractivity (Wildman–Crippen MR) is 114 cm³/mol. The van der Waals surface area contributed by atoms with Crippen molar-refractivity contribution in [3.63, 3.8) is 0 Å². The smallest absolute Gasteiger partial charge is 0.263 e. The van der Waals surface area contributed by atoms with Gasteiger partial charge in [0.2, 0.25) is 0 Å². The molecule has 0 aliphatic carbocycles. The first kappa shape index (κ1) is 21.2. The standard InChI is InChI=1S/C22H16FN3O5S/c1-26-21(28)17-6-3-7-18(19(17)22(26)29)24-20(27)13-4-2-5-15(12-13)25-32(30,31)16-10-8-14(23)9-11-16/h2-12,25H,1H3,(H,24,27). The van der Waals surface area contributed by atoms with Crippen LogP contribution in [0.4, 0.5) is 15.8 Å². The average molecular weight is 453 g/mol. The molecular weight excluding hydrogens is 437 g/mol. The van der Waals surface area contributed by atoms with Gasteiger partial charge in [-0.05, 0) is 54.6 Å². The van der Waals surface area contributed by atoms with Gasteiger partial charge in [-0.3, -0.25) is 24.0 Å². The van der Waals surface area contributed by atoms with Crippen LogP contribution >= 0.6 is 0 Å². The van der Waals surface area contributed by atoms with Crippen molar-refractivity contribution in [3.05, 3.63) is 89.2 Å². The Labute approximate surface area is 182 Å². The summed E-state index contributed by atoms with van der Waals surface area (Å²) in [4.78, 5) is 38.1. The summed E-state index contributed by atoms with van der Waals surface area (Å²) in [5.41, 5.74) is 0.698. The Morgan fingerprint density at radius 3 is 2.34 bits per heavy atom. The molecule has 8 nitrogen and oxygen atoms in total. The lowest BCUT2D eigenvalue weighted by atomic mass is 10.1. The Morgan fingerprint density at radius 1 is 0.938 bits per heavy atom. The highest BCUT2D eigenvalue weighted by Crippen LogP contribution is 2.29. The van der Waals surface area contributed by atoms with Crippen LogP contribution in [0.15, 0.2) is 71.6 Å². The van der Waals surface area contributed by atoms with Gasteiger partial charge < -0.3 is 5.32 Å². The number of nitrogens with one attached hydrogen (secondary N) is 2. The van der Waals surface area contributed by atoms with E-state index in [0.29, 0.717) is 0 Å². The van der Waals surface area contributed by atoms with Crippen LogP contribution in [0.2, 0.25) is 0 Å². The molecule has 0 spiro atoms. The Kier molecular flexibility index (Phi) is 5.23. The number of fused-ring (bicyclic) bond motifs is 1. The molecule has 0 radical (unpaired) electrons. The largest absolute Gasteiger partial charge is 0.321 e. The van der Waals surface area contributed by atoms with Gasteiger partial charge in [-0.15, -0.1) is 0 Å². The molecule has 0 unspecified atom stereocenters. The monoisotopic (exact) mass is 453 g/mol. The van der Waals surface area contributed by atoms with E-state index >= 15 is 0 Å². The number of hydrogen-bond acceptors (Lipinski definition) is 5. The molecule has 0 atom stereocenters. The van der Waals surface area contributed by atoms with E-state index in [-0.39, 0.29) is 33.0 Å². The highest BCUT2D eigenvalue weighted by molar-refractivity contribution is 7.92. The number of halogens is 1. The van der Waals surface area contributed by atoms with Crippen LogP contribution in [0.3, 0.4) is 0 Å². The quantitative estimate of drug-likeness (QED) is 0.577. The second kappa shape index (κ2) is 7.89. The van der Waals surface area contributed by atoms with E-state index < -0.39 is 33.6 Å². The van der Waals surface area contributed by atoms with Crippen molar-refractivity contribution >= 4 is 39.1 Å². The number of imide groups is 1. The van der Waals surface area contributed by atoms with Crippen LogP contribution < -0.4 is 10.0 Å². The van der Waals surface area contributed by atoms with Crippen molar-refractivity contribution in [1.82, 2.24) is 4.90 Å². The van der Waals surface area contributed by atoms with Gasteiger partial charge in [0.15, 0.2) is 0 Å². The van der Waals surface area contributed by atoms with Gasteiger partial charge in [0.25, 0.3) is 27.7 Å². The fraction of sp³-hybridized carbons (Fsp3) is 0.0455. The van der Waals surface area contributed by atoms with Crippen molar-refractivity contribution < 1.29 is 27.2 Å². The van der Waals surface area contributed by atoms with Gasteiger partial charge >= 0.3 is 0 Å². The molecule has 162 valence electrons. The van der Waals surface area contributed by atoms with Gasteiger partial charge in [0, 0.05) is 18.3 Å². The Morgan fingerprint density at radius 2 is 1.62 bits per heavy atom. The van der Waals surface area contributed by atoms with Gasteiger partial charge in [0.1, 0.15) is 5.82 Å². The first-order valence-corrected chi connectivity index (χ1v) is 10.8. The van der Waals surface area contributed by atoms with Crippen LogP contribution in [-0.2, 0) is 10.0 Å². The first-order chi connectivity index (χ1) is 15.2. The molecule has 0 saturated carbocycles. The van der Waals surface area contributed by atoms with E-state index in [4.69, 9.17) is 0 Å². The van der Waals surface area contributed by atoms with Crippen molar-refractivity contribution in [2.24, 2.45) is 0 Å². The molecule has 1 aliphatic rings. The zero-order valence-corrected chi connectivity index (χ0v) is 17.4. The van der Waals surface area contributed by atoms with Gasteiger partial charge in [-0.25, -0.2) is 12.8 Å². The third kappa shape index (κ3) is 3.83. The molecular formula is C22H16FN3O5S. The second-order valence-corrected chi connectivity index (χ2v) is 8.67. The van der Waals surface area contributed by atoms with E-state index in [9.17, 15) is 27.2 Å². The molecule has 4 rings (SSSR count). The Bertz CT molecular complexity index is 1370. The summed E-state index contributed by atoms with van der Waals surface area (Å²) in [5, 5.41) is 2.60. The van der Waals surface area contributed by atoms with Crippen LogP contribution in [0.1, 0.15) is 31.1 Å². The van der Waals surface area contributed by atoms with Gasteiger partial charge in [-0.1, -0.05) is 12.1 Å². The minimum atomic E-state index is -4.00. The topological polar surface area (TPSA) is 113 Å². The molecule has 3 amide bonds. The third-order valence-electron chi connectivity index (χ3n) is 4.87. The number of benzene rings is 3. The highest BCUT2D eigenvalue weighted by Gasteiger charge is 2.35. The summed E-state index contributed by atoms with van der Waals surface area (Å²) in [6.45, 7) is 0. The predicted octanol–water partition coefficient (Wildman–Crippen LogP) is 3.10. The van der Waals surface area contributed by atoms with E-state index in [1.807, 2.05) is 0 Å². The van der Waals surface area contributed by atoms with Crippen LogP contribution in [0, 0.1) is 5.82 Å². The molecule has 0 saturated heterocycles. The lowest BCUT2D eigenvalue weighted by Crippen LogP contribution is -2.24. The minimum Gasteiger partial charge on any atom is -0.321 e. The zero-order chi connectivity index (χ0) is 23.0. The number of hydrogen-bond donors (Lipinski definition) is 2. The van der Waals surface area contributed by atoms with Crippen molar-refractivity contribution in [2.75, 3.05) is 17.1 Å². The second-order valence-electron chi connectivity index (χ2n) is 6.99. The van der Waals surface area contributed by atoms with Crippen LogP contribution in [0.25, 0.3) is 0 Å². The van der Waals surface area contributed by atoms with E-state index in [2.05, 4.69) is 10.0 Å². The SMILES string of the molecule is CN1C(=O)c2cccc(NC(=O)c3cccc(NS(=O)(=O)c4ccc(F)cc4)c3)c2C1=O. The molecule has 0 aromatic heterocycles. The van der Waals surface area contributed by atoms with Crippen LogP contribution in [-0.4, -0.2) is 38.1 Å². The fourth-order valence-electron chi connectivity index (χ4n) is 3.25. The number of amides is 3. The number of sulfonamides is 1. The fourth-order valence-corrected chi connectivity index (χ4v) is 4.30. The molecule has 3 aromatic rings. The van der Waals surface area contributed by atoms with E-state index in [1.54, 1.807) is 6.07 Å². The molecule has 32 heavy (non-hydrogen) atoms. The maximum absolute atomic E-state index is 13.1. The first-order valence-electron chi connectivity index (χ1n) is 9.32. The zero-order valence-electron chi connectivity index (χ0n) is 16.6. The molecule has 1 aliphatic heterocycles. The lowest BCUT2D eigenvalue weighted by Gasteiger charge is -2.11. The maximum Gasteiger partial charge on any atom is 0.263 e. The summed E-state index contributed by atoms with van der Waals surface area (Å²) in [6.07, 6.45) is 0. The van der Waals surface area contributed by atoms with E-state index in [0.717, 1.165) is 29.2 Å². The summed E-state index contributed by atoms with van der Waals surface area (Å²) in [7, 11) is -2.64. The van der Waals surface area contributed by atoms with Crippen molar-refractivity contribution in [3.8, 4) is 0 Å². The molecule has 0 bridgehead atoms. The number of rotatable bonds is 5. The molecule has 1 heterocycles.